The molecule has 0 spiro atoms. The first-order valence-corrected chi connectivity index (χ1v) is 18.7. The molecule has 0 aromatic rings. The first kappa shape index (κ1) is 66.0. The Hall–Kier alpha value is -2.24. The Kier molecular flexibility index (Phi) is 19.3. The van der Waals surface area contributed by atoms with Gasteiger partial charge in [-0.1, -0.05) is 13.8 Å². The van der Waals surface area contributed by atoms with Crippen molar-refractivity contribution in [3.63, 3.8) is 0 Å². The Morgan fingerprint density at radius 1 is 0.344 bits per heavy atom. The summed E-state index contributed by atoms with van der Waals surface area (Å²) < 4.78 is 447. The van der Waals surface area contributed by atoms with Gasteiger partial charge in [0.1, 0.15) is 0 Å². The third-order valence-corrected chi connectivity index (χ3v) is 10.8. The molecule has 0 aromatic carbocycles. The average molecular weight is 1060 g/mol. The van der Waals surface area contributed by atoms with E-state index in [-0.39, 0.29) is 0 Å². The summed E-state index contributed by atoms with van der Waals surface area (Å²) in [6, 6.07) is -1.20. The van der Waals surface area contributed by atoms with Crippen LogP contribution in [0.3, 0.4) is 0 Å². The molecule has 0 radical (unpaired) electrons. The molecule has 0 fully saturated rings. The normalized spacial score (nSPS) is 16.0. The van der Waals surface area contributed by atoms with E-state index in [0.717, 1.165) is 41.2 Å². The van der Waals surface area contributed by atoms with Crippen LogP contribution in [0.1, 0.15) is 33.1 Å². The molecular formula is C27H28F34O2Si. The molecule has 0 bridgehead atoms. The van der Waals surface area contributed by atoms with Crippen molar-refractivity contribution >= 4 is 8.32 Å². The summed E-state index contributed by atoms with van der Waals surface area (Å²) in [4.78, 5) is 0. The van der Waals surface area contributed by atoms with Gasteiger partial charge in [-0.15, -0.1) is 0 Å². The van der Waals surface area contributed by atoms with E-state index in [0.29, 0.717) is 0 Å². The Morgan fingerprint density at radius 2 is 0.531 bits per heavy atom. The van der Waals surface area contributed by atoms with Crippen molar-refractivity contribution < 1.29 is 159 Å². The van der Waals surface area contributed by atoms with Gasteiger partial charge in [-0.25, -0.2) is 0 Å². The van der Waals surface area contributed by atoms with E-state index in [9.17, 15) is 149 Å². The van der Waals surface area contributed by atoms with Crippen molar-refractivity contribution in [2.45, 2.75) is 148 Å². The fraction of sp³-hybridized carbons (Fsp3) is 1.00. The van der Waals surface area contributed by atoms with Gasteiger partial charge in [0.05, 0.1) is 0 Å². The molecule has 1 N–H and O–H groups in total. The van der Waals surface area contributed by atoms with Crippen LogP contribution in [0.5, 0.6) is 0 Å². The van der Waals surface area contributed by atoms with E-state index >= 15 is 0 Å². The van der Waals surface area contributed by atoms with Gasteiger partial charge in [-0.05, 0) is 31.5 Å². The highest BCUT2D eigenvalue weighted by Crippen LogP contribution is 2.66. The smallest absolute Gasteiger partial charge is 0.420 e. The largest absolute Gasteiger partial charge is 0.460 e. The van der Waals surface area contributed by atoms with Crippen molar-refractivity contribution in [3.05, 3.63) is 0 Å². The average Bonchev–Trinajstić information content (AvgIpc) is 3.09. The van der Waals surface area contributed by atoms with Crippen LogP contribution in [-0.2, 0) is 4.43 Å². The molecule has 64 heavy (non-hydrogen) atoms. The second kappa shape index (κ2) is 18.7. The summed E-state index contributed by atoms with van der Waals surface area (Å²) in [5, 5.41) is 7.00. The highest BCUT2D eigenvalue weighted by molar-refractivity contribution is 6.71. The number of aliphatic hydroxyl groups excluding tert-OH is 1. The number of halogens is 34. The van der Waals surface area contributed by atoms with Crippen LogP contribution < -0.4 is 0 Å². The number of aliphatic hydroxyl groups is 1. The minimum Gasteiger partial charge on any atom is -0.420 e. The Morgan fingerprint density at radius 3 is 0.719 bits per heavy atom. The van der Waals surface area contributed by atoms with Gasteiger partial charge in [0.25, 0.3) is 0 Å². The summed E-state index contributed by atoms with van der Waals surface area (Å²) in [7, 11) is -1.47. The predicted octanol–water partition coefficient (Wildman–Crippen LogP) is 14.3. The predicted molar refractivity (Wildman–Crippen MR) is 147 cm³/mol. The minimum atomic E-state index is -8.59. The maximum Gasteiger partial charge on any atom is 0.460 e. The third kappa shape index (κ3) is 10.6. The minimum absolute atomic E-state index is 0.856. The quantitative estimate of drug-likeness (QED) is 0.103. The molecule has 0 saturated heterocycles. The van der Waals surface area contributed by atoms with Crippen LogP contribution in [0.15, 0.2) is 0 Å². The highest BCUT2D eigenvalue weighted by atomic mass is 28.4. The molecule has 37 heteroatoms. The maximum atomic E-state index is 13.6. The van der Waals surface area contributed by atoms with E-state index < -0.39 is 135 Å². The van der Waals surface area contributed by atoms with Crippen molar-refractivity contribution in [1.29, 1.82) is 0 Å². The molecular weight excluding hydrogens is 1030 g/mol. The summed E-state index contributed by atoms with van der Waals surface area (Å²) >= 11 is 0. The molecule has 0 heterocycles. The molecule has 0 aliphatic rings. The fourth-order valence-corrected chi connectivity index (χ4v) is 4.86. The monoisotopic (exact) mass is 1060 g/mol. The summed E-state index contributed by atoms with van der Waals surface area (Å²) in [5.74, 6) is -113. The number of hydrogen-bond donors (Lipinski definition) is 1. The number of rotatable bonds is 19. The van der Waals surface area contributed by atoms with E-state index in [1.54, 1.807) is 0 Å². The van der Waals surface area contributed by atoms with Crippen molar-refractivity contribution in [1.82, 2.24) is 0 Å². The lowest BCUT2D eigenvalue weighted by Gasteiger charge is -2.43. The Labute approximate surface area is 335 Å². The van der Waals surface area contributed by atoms with Gasteiger partial charge >= 0.3 is 95.3 Å². The van der Waals surface area contributed by atoms with Crippen LogP contribution in [0.25, 0.3) is 0 Å². The van der Waals surface area contributed by atoms with Gasteiger partial charge in [0, 0.05) is 27.1 Å². The van der Waals surface area contributed by atoms with Crippen molar-refractivity contribution in [2.75, 3.05) is 14.2 Å². The fourth-order valence-electron chi connectivity index (χ4n) is 3.74. The van der Waals surface area contributed by atoms with E-state index in [4.69, 9.17) is 5.11 Å². The first-order valence-electron chi connectivity index (χ1n) is 15.6. The lowest BCUT2D eigenvalue weighted by Crippen LogP contribution is -2.74. The zero-order valence-corrected chi connectivity index (χ0v) is 32.6. The van der Waals surface area contributed by atoms with Gasteiger partial charge in [0.2, 0.25) is 0 Å². The van der Waals surface area contributed by atoms with E-state index in [2.05, 4.69) is 4.43 Å². The SMILES string of the molecule is CC(C)CCC(F)(F)C(F)(F)C(F)(F)C(F)(F)C(F)(F)C(F)(F)C(F)(F)C(F)(F)F.CO.CO[Si](C)(C)CCC(F)(F)C(F)(F)C(F)(F)C(F)(F)C(F)(F)C(F)(F)C(F)(F)C(F)(F)F. The van der Waals surface area contributed by atoms with Crippen LogP contribution in [0, 0.1) is 5.92 Å². The second-order valence-corrected chi connectivity index (χ2v) is 18.1. The summed E-state index contributed by atoms with van der Waals surface area (Å²) in [6.07, 6.45) is -21.4. The topological polar surface area (TPSA) is 29.5 Å². The molecule has 0 aliphatic heterocycles. The Balaban J connectivity index is -0.00000112. The molecule has 0 atom stereocenters. The molecule has 0 unspecified atom stereocenters. The molecule has 0 rings (SSSR count). The van der Waals surface area contributed by atoms with Crippen LogP contribution >= 0.6 is 0 Å². The van der Waals surface area contributed by atoms with Gasteiger partial charge in [0.15, 0.2) is 8.32 Å². The summed E-state index contributed by atoms with van der Waals surface area (Å²) in [5.41, 5.74) is 0. The molecule has 2 nitrogen and oxygen atoms in total. The van der Waals surface area contributed by atoms with E-state index in [1.807, 2.05) is 0 Å². The highest BCUT2D eigenvalue weighted by Gasteiger charge is 2.96. The molecule has 390 valence electrons. The summed E-state index contributed by atoms with van der Waals surface area (Å²) in [6.45, 7) is 4.13. The first-order chi connectivity index (χ1) is 27.2. The van der Waals surface area contributed by atoms with Crippen molar-refractivity contribution in [2.24, 2.45) is 5.92 Å². The van der Waals surface area contributed by atoms with Crippen LogP contribution in [0.2, 0.25) is 19.1 Å². The molecule has 0 amide bonds. The zero-order chi connectivity index (χ0) is 53.6. The third-order valence-electron chi connectivity index (χ3n) is 8.20. The Bertz CT molecular complexity index is 1490. The van der Waals surface area contributed by atoms with Crippen molar-refractivity contribution in [3.8, 4) is 0 Å². The molecule has 0 saturated carbocycles. The van der Waals surface area contributed by atoms with Crippen LogP contribution in [0.4, 0.5) is 149 Å². The second-order valence-electron chi connectivity index (χ2n) is 13.7. The number of hydrogen-bond acceptors (Lipinski definition) is 2. The van der Waals surface area contributed by atoms with Gasteiger partial charge in [-0.3, -0.25) is 0 Å². The van der Waals surface area contributed by atoms with Gasteiger partial charge in [-0.2, -0.15) is 149 Å². The lowest BCUT2D eigenvalue weighted by atomic mass is 9.87. The van der Waals surface area contributed by atoms with Gasteiger partial charge < -0.3 is 9.53 Å². The molecule has 0 aliphatic carbocycles. The van der Waals surface area contributed by atoms with Crippen LogP contribution in [-0.4, -0.2) is 123 Å². The molecule has 0 aromatic heterocycles. The number of alkyl halides is 34. The zero-order valence-electron chi connectivity index (χ0n) is 31.6. The lowest BCUT2D eigenvalue weighted by molar-refractivity contribution is -0.461. The maximum absolute atomic E-state index is 13.6. The standard InChI is InChI=1S/C13H13F17OSi.C13H11F17.CH4O/c1-31-32(2,3)5-4-6(14,15)7(16,17)8(18,19)9(20,21)10(22,23)11(24,25)12(26,27)13(28,29)30;1-5(2)3-4-6(14,15)7(16,17)8(18,19)9(20,21)10(22,23)11(24,25)12(26,27)13(28,29)30;1-2/h4-5H2,1-3H3;5H,3-4H2,1-2H3;2H,1H3. The van der Waals surface area contributed by atoms with E-state index in [1.165, 1.54) is 0 Å².